The van der Waals surface area contributed by atoms with Crippen LogP contribution in [0.3, 0.4) is 0 Å². The highest BCUT2D eigenvalue weighted by Crippen LogP contribution is 2.37. The molecule has 17 nitrogen and oxygen atoms in total. The highest BCUT2D eigenvalue weighted by molar-refractivity contribution is 6.74. The summed E-state index contributed by atoms with van der Waals surface area (Å²) in [6, 6.07) is 24.7. The van der Waals surface area contributed by atoms with E-state index in [2.05, 4.69) is 84.7 Å². The van der Waals surface area contributed by atoms with E-state index in [1.807, 2.05) is 16.7 Å². The SMILES string of the molecule is CCCN(CCCCO[Si](C)(C)C(C)(C)C)C(=O)c1cccc(C(=O)N[C@@H](Cc2ccc(O)cc2)C(=O)OC)c1.CCCN(CCCCO[Si](C)(C)C(C)(C)C)C(=O)c1cccc(C(=O)OC)c1.COC(=O)[C@@H](N)Cc1ccc(O)cc1. The van der Waals surface area contributed by atoms with Crippen LogP contribution in [0, 0.1) is 0 Å². The molecule has 0 unspecified atom stereocenters. The van der Waals surface area contributed by atoms with Crippen molar-refractivity contribution in [2.75, 3.05) is 60.7 Å². The van der Waals surface area contributed by atoms with Crippen LogP contribution in [-0.2, 0) is 45.5 Å². The van der Waals surface area contributed by atoms with Gasteiger partial charge < -0.3 is 54.1 Å². The van der Waals surface area contributed by atoms with E-state index in [1.54, 1.807) is 84.9 Å². The van der Waals surface area contributed by atoms with Crippen LogP contribution in [0.4, 0.5) is 0 Å². The minimum Gasteiger partial charge on any atom is -0.508 e. The smallest absolute Gasteiger partial charge is 0.337 e. The van der Waals surface area contributed by atoms with Crippen molar-refractivity contribution in [1.82, 2.24) is 15.1 Å². The van der Waals surface area contributed by atoms with E-state index >= 15 is 0 Å². The number of nitrogens with zero attached hydrogens (tertiary/aromatic N) is 2. The Bertz CT molecular complexity index is 2620. The Morgan fingerprint density at radius 1 is 0.537 bits per heavy atom. The minimum absolute atomic E-state index is 0.0436. The van der Waals surface area contributed by atoms with E-state index in [0.29, 0.717) is 55.9 Å². The van der Waals surface area contributed by atoms with E-state index in [4.69, 9.17) is 29.2 Å². The summed E-state index contributed by atoms with van der Waals surface area (Å²) >= 11 is 0. The zero-order valence-electron chi connectivity index (χ0n) is 51.6. The standard InChI is InChI=1S/C31H46N2O6Si.C22H37NO4Si.C10H13NO3/c1-8-18-33(19-9-10-20-39-40(6,7)31(2,3)4)29(36)25-13-11-12-24(22-25)28(35)32-27(30(37)38-5)21-23-14-16-26(34)17-15-23;1-8-14-23(15-9-10-16-27-28(6,7)22(2,3)4)20(24)18-12-11-13-19(17-18)21(25)26-5;1-14-10(13)9(11)6-7-2-4-8(12)5-3-7/h11-17,22,27,34H,8-10,18-21H2,1-7H3,(H,32,35);11-13,17H,8-10,14-16H2,1-7H3;2-5,9,12H,6,11H2,1H3/t27-;;9-/m0.0/s1. The number of carbonyl (C=O) groups is 6. The average Bonchev–Trinajstić information content (AvgIpc) is 3.58. The number of nitrogens with two attached hydrogens (primary N) is 1. The summed E-state index contributed by atoms with van der Waals surface area (Å²) in [5, 5.41) is 21.6. The van der Waals surface area contributed by atoms with Crippen molar-refractivity contribution in [2.24, 2.45) is 5.73 Å². The number of rotatable bonds is 27. The van der Waals surface area contributed by atoms with Gasteiger partial charge in [-0.1, -0.05) is 91.8 Å². The number of nitrogens with one attached hydrogen (secondary N) is 1. The first-order chi connectivity index (χ1) is 38.4. The minimum atomic E-state index is -1.79. The molecular formula is C63H96N4O13Si2. The fraction of sp³-hybridized carbons (Fsp3) is 0.524. The van der Waals surface area contributed by atoms with Crippen molar-refractivity contribution in [1.29, 1.82) is 0 Å². The van der Waals surface area contributed by atoms with Crippen LogP contribution in [0.15, 0.2) is 97.1 Å². The molecular weight excluding hydrogens is 1080 g/mol. The Balaban J connectivity index is 0.000000470. The maximum Gasteiger partial charge on any atom is 0.337 e. The molecule has 0 aliphatic carbocycles. The first-order valence-corrected chi connectivity index (χ1v) is 34.2. The first kappa shape index (κ1) is 71.7. The summed E-state index contributed by atoms with van der Waals surface area (Å²) in [5.74, 6) is -1.79. The molecule has 454 valence electrons. The number of phenols is 2. The number of methoxy groups -OCH3 is 3. The van der Waals surface area contributed by atoms with Crippen LogP contribution >= 0.6 is 0 Å². The van der Waals surface area contributed by atoms with Gasteiger partial charge in [0, 0.05) is 62.5 Å². The van der Waals surface area contributed by atoms with E-state index < -0.39 is 52.5 Å². The number of phenolic OH excluding ortho intramolecular Hbond substituents is 2. The van der Waals surface area contributed by atoms with Crippen LogP contribution in [0.1, 0.15) is 146 Å². The number of carbonyl (C=O) groups excluding carboxylic acids is 6. The number of hydrogen-bond acceptors (Lipinski definition) is 14. The Labute approximate surface area is 490 Å². The highest BCUT2D eigenvalue weighted by Gasteiger charge is 2.38. The van der Waals surface area contributed by atoms with Gasteiger partial charge in [-0.3, -0.25) is 19.2 Å². The molecule has 0 aliphatic heterocycles. The molecule has 0 aliphatic rings. The predicted octanol–water partition coefficient (Wildman–Crippen LogP) is 11.1. The second kappa shape index (κ2) is 34.9. The van der Waals surface area contributed by atoms with E-state index in [-0.39, 0.29) is 45.4 Å². The van der Waals surface area contributed by atoms with Crippen LogP contribution in [0.25, 0.3) is 0 Å². The summed E-state index contributed by atoms with van der Waals surface area (Å²) in [6.45, 7) is 30.5. The quantitative estimate of drug-likeness (QED) is 0.0188. The summed E-state index contributed by atoms with van der Waals surface area (Å²) in [7, 11) is 0.398. The third kappa shape index (κ3) is 24.6. The number of hydrogen-bond donors (Lipinski definition) is 4. The topological polar surface area (TPSA) is 234 Å². The van der Waals surface area contributed by atoms with Crippen LogP contribution < -0.4 is 11.1 Å². The van der Waals surface area contributed by atoms with Gasteiger partial charge in [-0.15, -0.1) is 0 Å². The van der Waals surface area contributed by atoms with E-state index in [9.17, 15) is 33.9 Å². The molecule has 0 aromatic heterocycles. The Hall–Kier alpha value is -6.39. The third-order valence-corrected chi connectivity index (χ3v) is 23.8. The average molecular weight is 1170 g/mol. The van der Waals surface area contributed by atoms with Gasteiger partial charge in [-0.05, 0) is 153 Å². The van der Waals surface area contributed by atoms with Crippen LogP contribution in [-0.4, -0.2) is 145 Å². The van der Waals surface area contributed by atoms with Gasteiger partial charge in [0.2, 0.25) is 0 Å². The van der Waals surface area contributed by atoms with E-state index in [1.165, 1.54) is 33.5 Å². The molecule has 0 radical (unpaired) electrons. The van der Waals surface area contributed by atoms with Gasteiger partial charge >= 0.3 is 17.9 Å². The van der Waals surface area contributed by atoms with Gasteiger partial charge in [0.1, 0.15) is 23.6 Å². The second-order valence-corrected chi connectivity index (χ2v) is 32.9. The molecule has 0 fully saturated rings. The van der Waals surface area contributed by atoms with Crippen molar-refractivity contribution < 1.29 is 62.0 Å². The van der Waals surface area contributed by atoms with Gasteiger partial charge in [-0.25, -0.2) is 9.59 Å². The van der Waals surface area contributed by atoms with Gasteiger partial charge in [0.05, 0.1) is 26.9 Å². The Morgan fingerprint density at radius 2 is 0.927 bits per heavy atom. The lowest BCUT2D eigenvalue weighted by Crippen LogP contribution is -2.43. The monoisotopic (exact) mass is 1170 g/mol. The molecule has 4 aromatic rings. The lowest BCUT2D eigenvalue weighted by Gasteiger charge is -2.36. The molecule has 82 heavy (non-hydrogen) atoms. The number of esters is 3. The molecule has 0 bridgehead atoms. The second-order valence-electron chi connectivity index (χ2n) is 23.3. The molecule has 0 saturated heterocycles. The summed E-state index contributed by atoms with van der Waals surface area (Å²) in [4.78, 5) is 78.2. The summed E-state index contributed by atoms with van der Waals surface area (Å²) in [6.07, 6.45) is 5.86. The van der Waals surface area contributed by atoms with E-state index in [0.717, 1.165) is 56.3 Å². The molecule has 2 atom stereocenters. The molecule has 5 N–H and O–H groups in total. The molecule has 0 spiro atoms. The van der Waals surface area contributed by atoms with Crippen molar-refractivity contribution in [3.63, 3.8) is 0 Å². The largest absolute Gasteiger partial charge is 0.508 e. The summed E-state index contributed by atoms with van der Waals surface area (Å²) in [5.41, 5.74) is 8.83. The van der Waals surface area contributed by atoms with Gasteiger partial charge in [-0.2, -0.15) is 0 Å². The maximum atomic E-state index is 13.4. The molecule has 19 heteroatoms. The van der Waals surface area contributed by atoms with Crippen molar-refractivity contribution in [2.45, 2.75) is 155 Å². The fourth-order valence-electron chi connectivity index (χ4n) is 7.69. The normalized spacial score (nSPS) is 12.2. The zero-order valence-corrected chi connectivity index (χ0v) is 53.6. The highest BCUT2D eigenvalue weighted by atomic mass is 28.4. The number of unbranched alkanes of at least 4 members (excludes halogenated alkanes) is 2. The number of benzene rings is 4. The lowest BCUT2D eigenvalue weighted by atomic mass is 10.0. The Morgan fingerprint density at radius 3 is 1.32 bits per heavy atom. The van der Waals surface area contributed by atoms with Crippen molar-refractivity contribution >= 4 is 52.3 Å². The van der Waals surface area contributed by atoms with Crippen LogP contribution in [0.5, 0.6) is 11.5 Å². The summed E-state index contributed by atoms with van der Waals surface area (Å²) < 4.78 is 26.6. The number of amides is 3. The fourth-order valence-corrected chi connectivity index (χ4v) is 9.86. The number of ether oxygens (including phenoxy) is 3. The zero-order chi connectivity index (χ0) is 61.8. The maximum absolute atomic E-state index is 13.4. The molecule has 4 aromatic carbocycles. The van der Waals surface area contributed by atoms with Crippen molar-refractivity contribution in [3.05, 3.63) is 130 Å². The predicted molar refractivity (Wildman–Crippen MR) is 328 cm³/mol. The lowest BCUT2D eigenvalue weighted by molar-refractivity contribution is -0.143. The van der Waals surface area contributed by atoms with Crippen molar-refractivity contribution in [3.8, 4) is 11.5 Å². The van der Waals surface area contributed by atoms with Gasteiger partial charge in [0.25, 0.3) is 17.7 Å². The third-order valence-electron chi connectivity index (χ3n) is 14.7. The number of aromatic hydroxyl groups is 2. The Kier molecular flexibility index (Phi) is 30.5. The first-order valence-electron chi connectivity index (χ1n) is 28.4. The van der Waals surface area contributed by atoms with Crippen LogP contribution in [0.2, 0.25) is 36.3 Å². The molecule has 0 heterocycles. The molecule has 0 saturated carbocycles. The van der Waals surface area contributed by atoms with Gasteiger partial charge in [0.15, 0.2) is 16.6 Å². The molecule has 3 amide bonds. The molecule has 4 rings (SSSR count).